The topological polar surface area (TPSA) is 133 Å². The zero-order valence-corrected chi connectivity index (χ0v) is 13.1. The Bertz CT molecular complexity index is 452. The van der Waals surface area contributed by atoms with Gasteiger partial charge in [-0.15, -0.1) is 0 Å². The van der Waals surface area contributed by atoms with E-state index in [9.17, 15) is 13.0 Å². The molecule has 0 spiro atoms. The van der Waals surface area contributed by atoms with Crippen molar-refractivity contribution in [2.75, 3.05) is 12.3 Å². The molecular weight excluding hydrogens is 309 g/mol. The van der Waals surface area contributed by atoms with Gasteiger partial charge in [-0.2, -0.15) is 8.42 Å². The van der Waals surface area contributed by atoms with Crippen LogP contribution in [0.2, 0.25) is 0 Å². The van der Waals surface area contributed by atoms with E-state index >= 15 is 0 Å². The van der Waals surface area contributed by atoms with Crippen molar-refractivity contribution in [1.29, 1.82) is 0 Å². The molecule has 0 aromatic heterocycles. The van der Waals surface area contributed by atoms with Crippen LogP contribution in [0.4, 0.5) is 0 Å². The molecule has 0 amide bonds. The molecule has 0 aliphatic heterocycles. The Morgan fingerprint density at radius 2 is 1.90 bits per heavy atom. The molecule has 0 aromatic rings. The molecule has 0 aromatic carbocycles. The third-order valence-corrected chi connectivity index (χ3v) is 4.83. The molecular formula is C10H22NO7PS. The van der Waals surface area contributed by atoms with Crippen molar-refractivity contribution in [1.82, 2.24) is 5.32 Å². The molecule has 4 N–H and O–H groups in total. The van der Waals surface area contributed by atoms with Gasteiger partial charge in [0.05, 0.1) is 11.9 Å². The number of nitrogens with one attached hydrogen (secondary N) is 1. The molecule has 1 rings (SSSR count). The molecule has 0 atom stereocenters. The van der Waals surface area contributed by atoms with Crippen LogP contribution < -0.4 is 5.32 Å². The maximum Gasteiger partial charge on any atom is 0.469 e. The van der Waals surface area contributed by atoms with Gasteiger partial charge in [0.25, 0.3) is 10.1 Å². The molecule has 1 aliphatic carbocycles. The van der Waals surface area contributed by atoms with Gasteiger partial charge in [-0.1, -0.05) is 0 Å². The lowest BCUT2D eigenvalue weighted by Crippen LogP contribution is -2.47. The van der Waals surface area contributed by atoms with Gasteiger partial charge in [-0.05, 0) is 45.6 Å². The largest absolute Gasteiger partial charge is 0.469 e. The first-order chi connectivity index (χ1) is 8.99. The summed E-state index contributed by atoms with van der Waals surface area (Å²) in [5.74, 6) is -0.278. The molecule has 1 saturated carbocycles. The lowest BCUT2D eigenvalue weighted by atomic mass is 9.82. The molecule has 0 saturated heterocycles. The van der Waals surface area contributed by atoms with E-state index in [1.54, 1.807) is 0 Å². The number of phosphoric acid groups is 1. The van der Waals surface area contributed by atoms with Crippen molar-refractivity contribution in [2.24, 2.45) is 0 Å². The van der Waals surface area contributed by atoms with Gasteiger partial charge in [0.2, 0.25) is 0 Å². The number of hydrogen-bond donors (Lipinski definition) is 4. The normalized spacial score (nSPS) is 28.5. The minimum Gasteiger partial charge on any atom is -0.311 e. The third-order valence-electron chi connectivity index (χ3n) is 3.45. The Morgan fingerprint density at radius 1 is 1.35 bits per heavy atom. The van der Waals surface area contributed by atoms with Crippen LogP contribution in [-0.4, -0.2) is 46.7 Å². The Labute approximate surface area is 118 Å². The molecule has 0 unspecified atom stereocenters. The van der Waals surface area contributed by atoms with Crippen molar-refractivity contribution in [3.8, 4) is 0 Å². The van der Waals surface area contributed by atoms with E-state index in [0.29, 0.717) is 38.6 Å². The van der Waals surface area contributed by atoms with E-state index < -0.39 is 24.0 Å². The van der Waals surface area contributed by atoms with E-state index in [1.165, 1.54) is 0 Å². The maximum absolute atomic E-state index is 10.7. The molecule has 8 nitrogen and oxygen atoms in total. The van der Waals surface area contributed by atoms with E-state index in [2.05, 4.69) is 9.84 Å². The van der Waals surface area contributed by atoms with Gasteiger partial charge in [0.1, 0.15) is 0 Å². The van der Waals surface area contributed by atoms with Gasteiger partial charge in [-0.25, -0.2) is 4.57 Å². The van der Waals surface area contributed by atoms with E-state index in [-0.39, 0.29) is 11.3 Å². The standard InChI is InChI=1S/C10H22NO7PS/c1-10(11-7-2-8-20(15,16)17)5-3-9(4-6-10)18-19(12,13)14/h9,11H,2-8H2,1H3,(H2,12,13,14)(H,15,16,17). The van der Waals surface area contributed by atoms with Crippen LogP contribution >= 0.6 is 7.82 Å². The molecule has 0 bridgehead atoms. The van der Waals surface area contributed by atoms with Crippen molar-refractivity contribution in [3.05, 3.63) is 0 Å². The molecule has 20 heavy (non-hydrogen) atoms. The summed E-state index contributed by atoms with van der Waals surface area (Å²) in [7, 11) is -8.36. The minimum atomic E-state index is -4.44. The molecule has 10 heteroatoms. The molecule has 1 aliphatic rings. The van der Waals surface area contributed by atoms with Crippen LogP contribution in [0.1, 0.15) is 39.0 Å². The molecule has 0 radical (unpaired) electrons. The SMILES string of the molecule is CC1(NCCCS(=O)(=O)O)CCC(OP(=O)(O)O)CC1. The first kappa shape index (κ1) is 18.0. The van der Waals surface area contributed by atoms with E-state index in [1.807, 2.05) is 6.92 Å². The summed E-state index contributed by atoms with van der Waals surface area (Å²) in [5.41, 5.74) is -0.200. The van der Waals surface area contributed by atoms with Gasteiger partial charge < -0.3 is 15.1 Å². The van der Waals surface area contributed by atoms with E-state index in [4.69, 9.17) is 14.3 Å². The number of hydrogen-bond acceptors (Lipinski definition) is 5. The predicted molar refractivity (Wildman–Crippen MR) is 72.8 cm³/mol. The maximum atomic E-state index is 10.7. The fourth-order valence-corrected chi connectivity index (χ4v) is 3.46. The van der Waals surface area contributed by atoms with Gasteiger partial charge in [-0.3, -0.25) is 9.08 Å². The summed E-state index contributed by atoms with van der Waals surface area (Å²) in [6, 6.07) is 0. The average Bonchev–Trinajstić information content (AvgIpc) is 2.25. The van der Waals surface area contributed by atoms with Crippen LogP contribution in [0.5, 0.6) is 0 Å². The number of phosphoric ester groups is 1. The highest BCUT2D eigenvalue weighted by Crippen LogP contribution is 2.42. The van der Waals surface area contributed by atoms with Crippen molar-refractivity contribution in [3.63, 3.8) is 0 Å². The fraction of sp³-hybridized carbons (Fsp3) is 1.00. The van der Waals surface area contributed by atoms with E-state index in [0.717, 1.165) is 0 Å². The summed E-state index contributed by atoms with van der Waals surface area (Å²) >= 11 is 0. The van der Waals surface area contributed by atoms with Crippen LogP contribution in [0.15, 0.2) is 0 Å². The van der Waals surface area contributed by atoms with Gasteiger partial charge in [0.15, 0.2) is 0 Å². The first-order valence-electron chi connectivity index (χ1n) is 6.43. The summed E-state index contributed by atoms with van der Waals surface area (Å²) in [4.78, 5) is 17.5. The lowest BCUT2D eigenvalue weighted by molar-refractivity contribution is 0.0765. The Hall–Kier alpha value is -0.0200. The first-order valence-corrected chi connectivity index (χ1v) is 9.57. The number of rotatable bonds is 7. The Balaban J connectivity index is 2.30. The molecule has 120 valence electrons. The van der Waals surface area contributed by atoms with Crippen LogP contribution in [0.3, 0.4) is 0 Å². The quantitative estimate of drug-likeness (QED) is 0.304. The third kappa shape index (κ3) is 7.68. The second-order valence-corrected chi connectivity index (χ2v) is 8.19. The lowest BCUT2D eigenvalue weighted by Gasteiger charge is -2.38. The van der Waals surface area contributed by atoms with Crippen LogP contribution in [-0.2, 0) is 19.2 Å². The highest BCUT2D eigenvalue weighted by atomic mass is 32.2. The minimum absolute atomic E-state index is 0.200. The van der Waals surface area contributed by atoms with Gasteiger partial charge in [0, 0.05) is 5.54 Å². The fourth-order valence-electron chi connectivity index (χ4n) is 2.35. The Morgan fingerprint density at radius 3 is 2.35 bits per heavy atom. The Kier molecular flexibility index (Phi) is 6.15. The predicted octanol–water partition coefficient (Wildman–Crippen LogP) is 0.664. The summed E-state index contributed by atoms with van der Waals surface area (Å²) < 4.78 is 45.2. The highest BCUT2D eigenvalue weighted by Gasteiger charge is 2.33. The van der Waals surface area contributed by atoms with Gasteiger partial charge >= 0.3 is 7.82 Å². The zero-order chi connectivity index (χ0) is 15.4. The van der Waals surface area contributed by atoms with Crippen molar-refractivity contribution >= 4 is 17.9 Å². The average molecular weight is 331 g/mol. The van der Waals surface area contributed by atoms with Crippen LogP contribution in [0.25, 0.3) is 0 Å². The summed E-state index contributed by atoms with van der Waals surface area (Å²) in [6.07, 6.45) is 2.31. The summed E-state index contributed by atoms with van der Waals surface area (Å²) in [5, 5.41) is 3.23. The second kappa shape index (κ2) is 6.83. The monoisotopic (exact) mass is 331 g/mol. The van der Waals surface area contributed by atoms with Crippen molar-refractivity contribution < 1.29 is 31.8 Å². The summed E-state index contributed by atoms with van der Waals surface area (Å²) in [6.45, 7) is 2.44. The zero-order valence-electron chi connectivity index (χ0n) is 11.4. The highest BCUT2D eigenvalue weighted by molar-refractivity contribution is 7.85. The van der Waals surface area contributed by atoms with Crippen LogP contribution in [0, 0.1) is 0 Å². The smallest absolute Gasteiger partial charge is 0.311 e. The molecule has 0 heterocycles. The van der Waals surface area contributed by atoms with Crippen molar-refractivity contribution in [2.45, 2.75) is 50.7 Å². The molecule has 1 fully saturated rings. The second-order valence-electron chi connectivity index (χ2n) is 5.42.